The average Bonchev–Trinajstić information content (AvgIpc) is 3.30. The van der Waals surface area contributed by atoms with Crippen LogP contribution >= 0.6 is 0 Å². The van der Waals surface area contributed by atoms with Crippen LogP contribution in [0.1, 0.15) is 10.4 Å². The Bertz CT molecular complexity index is 977. The third-order valence-corrected chi connectivity index (χ3v) is 4.97. The maximum Gasteiger partial charge on any atom is 0.321 e. The van der Waals surface area contributed by atoms with Crippen LogP contribution in [0.5, 0.6) is 0 Å². The first-order valence-corrected chi connectivity index (χ1v) is 9.44. The molecule has 29 heavy (non-hydrogen) atoms. The van der Waals surface area contributed by atoms with E-state index in [0.717, 1.165) is 5.69 Å². The zero-order chi connectivity index (χ0) is 20.2. The van der Waals surface area contributed by atoms with Crippen LogP contribution in [0.15, 0.2) is 73.1 Å². The Morgan fingerprint density at radius 2 is 1.38 bits per heavy atom. The van der Waals surface area contributed by atoms with E-state index in [1.165, 1.54) is 24.3 Å². The summed E-state index contributed by atoms with van der Waals surface area (Å²) < 4.78 is 14.9. The highest BCUT2D eigenvalue weighted by atomic mass is 19.1. The van der Waals surface area contributed by atoms with Crippen LogP contribution in [0.2, 0.25) is 0 Å². The molecule has 148 valence electrons. The van der Waals surface area contributed by atoms with Crippen molar-refractivity contribution in [1.29, 1.82) is 0 Å². The van der Waals surface area contributed by atoms with Crippen molar-refractivity contribution in [3.8, 4) is 5.69 Å². The summed E-state index contributed by atoms with van der Waals surface area (Å²) in [6, 6.07) is 16.8. The Kier molecular flexibility index (Phi) is 5.29. The van der Waals surface area contributed by atoms with Crippen LogP contribution in [0.3, 0.4) is 0 Å². The van der Waals surface area contributed by atoms with E-state index in [1.54, 1.807) is 9.80 Å². The predicted octanol–water partition coefficient (Wildman–Crippen LogP) is 3.61. The van der Waals surface area contributed by atoms with Crippen LogP contribution in [-0.2, 0) is 0 Å². The molecule has 0 aliphatic carbocycles. The number of hydrogen-bond acceptors (Lipinski definition) is 2. The second kappa shape index (κ2) is 8.18. The number of aromatic nitrogens is 1. The van der Waals surface area contributed by atoms with Crippen LogP contribution in [0.4, 0.5) is 14.9 Å². The fraction of sp³-hybridized carbons (Fsp3) is 0.182. The van der Waals surface area contributed by atoms with E-state index >= 15 is 0 Å². The smallest absolute Gasteiger partial charge is 0.321 e. The maximum absolute atomic E-state index is 13.0. The van der Waals surface area contributed by atoms with Gasteiger partial charge in [0, 0.05) is 55.5 Å². The first-order chi connectivity index (χ1) is 14.1. The number of carbonyl (C=O) groups excluding carboxylic acids is 2. The lowest BCUT2D eigenvalue weighted by Crippen LogP contribution is -2.51. The number of nitrogens with zero attached hydrogens (tertiary/aromatic N) is 3. The van der Waals surface area contributed by atoms with E-state index in [1.807, 2.05) is 53.4 Å². The SMILES string of the molecule is O=C(Nc1ccc(F)cc1)N1CCN(C(=O)c2ccc(-n3cccc3)cc2)CC1. The van der Waals surface area contributed by atoms with Gasteiger partial charge in [0.2, 0.25) is 0 Å². The van der Waals surface area contributed by atoms with Crippen LogP contribution in [-0.4, -0.2) is 52.5 Å². The molecule has 0 spiro atoms. The van der Waals surface area contributed by atoms with E-state index in [4.69, 9.17) is 0 Å². The van der Waals surface area contributed by atoms with Crippen LogP contribution < -0.4 is 5.32 Å². The molecule has 0 bridgehead atoms. The quantitative estimate of drug-likeness (QED) is 0.740. The van der Waals surface area contributed by atoms with E-state index in [-0.39, 0.29) is 17.8 Å². The molecule has 1 aliphatic rings. The lowest BCUT2D eigenvalue weighted by molar-refractivity contribution is 0.0671. The molecule has 4 rings (SSSR count). The van der Waals surface area contributed by atoms with Crippen molar-refractivity contribution >= 4 is 17.6 Å². The van der Waals surface area contributed by atoms with Gasteiger partial charge in [0.15, 0.2) is 0 Å². The van der Waals surface area contributed by atoms with Gasteiger partial charge in [0.25, 0.3) is 5.91 Å². The van der Waals surface area contributed by atoms with Gasteiger partial charge in [-0.2, -0.15) is 0 Å². The van der Waals surface area contributed by atoms with Crippen molar-refractivity contribution in [1.82, 2.24) is 14.4 Å². The molecule has 2 aromatic carbocycles. The minimum Gasteiger partial charge on any atom is -0.335 e. The largest absolute Gasteiger partial charge is 0.335 e. The molecule has 6 nitrogen and oxygen atoms in total. The first kappa shape index (κ1) is 18.7. The van der Waals surface area contributed by atoms with Crippen LogP contribution in [0.25, 0.3) is 5.69 Å². The fourth-order valence-electron chi connectivity index (χ4n) is 3.31. The minimum atomic E-state index is -0.350. The molecule has 1 saturated heterocycles. The second-order valence-corrected chi connectivity index (χ2v) is 6.85. The lowest BCUT2D eigenvalue weighted by Gasteiger charge is -2.34. The highest BCUT2D eigenvalue weighted by Gasteiger charge is 2.25. The molecule has 0 atom stereocenters. The molecule has 1 N–H and O–H groups in total. The van der Waals surface area contributed by atoms with Gasteiger partial charge in [0.05, 0.1) is 0 Å². The summed E-state index contributed by atoms with van der Waals surface area (Å²) in [5.41, 5.74) is 2.16. The number of anilines is 1. The molecule has 0 unspecified atom stereocenters. The number of amides is 3. The molecule has 0 radical (unpaired) electrons. The molecular formula is C22H21FN4O2. The van der Waals surface area contributed by atoms with E-state index in [2.05, 4.69) is 5.32 Å². The van der Waals surface area contributed by atoms with Crippen molar-refractivity contribution in [2.75, 3.05) is 31.5 Å². The van der Waals surface area contributed by atoms with Gasteiger partial charge in [-0.1, -0.05) is 0 Å². The van der Waals surface area contributed by atoms with Gasteiger partial charge in [-0.3, -0.25) is 4.79 Å². The van der Waals surface area contributed by atoms with Crippen molar-refractivity contribution in [2.24, 2.45) is 0 Å². The summed E-state index contributed by atoms with van der Waals surface area (Å²) in [6.07, 6.45) is 3.90. The van der Waals surface area contributed by atoms with Crippen molar-refractivity contribution < 1.29 is 14.0 Å². The minimum absolute atomic E-state index is 0.0392. The number of hydrogen-bond donors (Lipinski definition) is 1. The molecule has 1 aromatic heterocycles. The maximum atomic E-state index is 13.0. The van der Waals surface area contributed by atoms with Crippen molar-refractivity contribution in [2.45, 2.75) is 0 Å². The summed E-state index contributed by atoms with van der Waals surface area (Å²) in [5.74, 6) is -0.390. The van der Waals surface area contributed by atoms with E-state index < -0.39 is 0 Å². The first-order valence-electron chi connectivity index (χ1n) is 9.44. The zero-order valence-electron chi connectivity index (χ0n) is 15.8. The monoisotopic (exact) mass is 392 g/mol. The Hall–Kier alpha value is -3.61. The fourth-order valence-corrected chi connectivity index (χ4v) is 3.31. The topological polar surface area (TPSA) is 57.6 Å². The Balaban J connectivity index is 1.32. The van der Waals surface area contributed by atoms with E-state index in [0.29, 0.717) is 37.4 Å². The Labute approximate surface area is 168 Å². The van der Waals surface area contributed by atoms with Crippen LogP contribution in [0, 0.1) is 5.82 Å². The van der Waals surface area contributed by atoms with Crippen molar-refractivity contribution in [3.63, 3.8) is 0 Å². The number of carbonyl (C=O) groups is 2. The summed E-state index contributed by atoms with van der Waals surface area (Å²) in [7, 11) is 0. The molecule has 3 aromatic rings. The van der Waals surface area contributed by atoms with Gasteiger partial charge in [-0.25, -0.2) is 9.18 Å². The molecule has 1 fully saturated rings. The molecule has 1 aliphatic heterocycles. The highest BCUT2D eigenvalue weighted by molar-refractivity contribution is 5.95. The number of piperazine rings is 1. The van der Waals surface area contributed by atoms with E-state index in [9.17, 15) is 14.0 Å². The summed E-state index contributed by atoms with van der Waals surface area (Å²) in [4.78, 5) is 28.5. The lowest BCUT2D eigenvalue weighted by atomic mass is 10.1. The molecular weight excluding hydrogens is 371 g/mol. The Morgan fingerprint density at radius 3 is 2.00 bits per heavy atom. The summed E-state index contributed by atoms with van der Waals surface area (Å²) >= 11 is 0. The Morgan fingerprint density at radius 1 is 0.793 bits per heavy atom. The number of benzene rings is 2. The van der Waals surface area contributed by atoms with Crippen molar-refractivity contribution in [3.05, 3.63) is 84.4 Å². The number of urea groups is 1. The third kappa shape index (κ3) is 4.29. The zero-order valence-corrected chi connectivity index (χ0v) is 15.8. The van der Waals surface area contributed by atoms with Gasteiger partial charge in [0.1, 0.15) is 5.82 Å². The molecule has 3 amide bonds. The molecule has 2 heterocycles. The van der Waals surface area contributed by atoms with Gasteiger partial charge in [-0.05, 0) is 60.7 Å². The van der Waals surface area contributed by atoms with Gasteiger partial charge < -0.3 is 19.7 Å². The number of nitrogens with one attached hydrogen (secondary N) is 1. The summed E-state index contributed by atoms with van der Waals surface area (Å²) in [6.45, 7) is 1.82. The standard InChI is InChI=1S/C22H21FN4O2/c23-18-5-7-19(8-6-18)24-22(29)27-15-13-26(14-16-27)21(28)17-3-9-20(10-4-17)25-11-1-2-12-25/h1-12H,13-16H2,(H,24,29). The van der Waals surface area contributed by atoms with Gasteiger partial charge >= 0.3 is 6.03 Å². The van der Waals surface area contributed by atoms with Gasteiger partial charge in [-0.15, -0.1) is 0 Å². The summed E-state index contributed by atoms with van der Waals surface area (Å²) in [5, 5.41) is 2.75. The third-order valence-electron chi connectivity index (χ3n) is 4.97. The normalized spacial score (nSPS) is 14.0. The predicted molar refractivity (Wildman–Crippen MR) is 109 cm³/mol. The number of rotatable bonds is 3. The number of halogens is 1. The molecule has 7 heteroatoms. The highest BCUT2D eigenvalue weighted by Crippen LogP contribution is 2.14. The molecule has 0 saturated carbocycles. The second-order valence-electron chi connectivity index (χ2n) is 6.85. The average molecular weight is 392 g/mol.